The summed E-state index contributed by atoms with van der Waals surface area (Å²) in [5.74, 6) is 0.376. The lowest BCUT2D eigenvalue weighted by atomic mass is 10.2. The topological polar surface area (TPSA) is 103 Å². The number of nitrogens with one attached hydrogen (secondary N) is 2. The van der Waals surface area contributed by atoms with Crippen LogP contribution in [0.2, 0.25) is 0 Å². The summed E-state index contributed by atoms with van der Waals surface area (Å²) < 4.78 is 10.6. The van der Waals surface area contributed by atoms with Crippen molar-refractivity contribution in [1.29, 1.82) is 0 Å². The van der Waals surface area contributed by atoms with Crippen molar-refractivity contribution in [2.45, 2.75) is 13.5 Å². The van der Waals surface area contributed by atoms with Gasteiger partial charge >= 0.3 is 6.03 Å². The fourth-order valence-electron chi connectivity index (χ4n) is 1.60. The molecule has 1 rings (SSSR count). The molecular weight excluding hydrogens is 262 g/mol. The average molecular weight is 281 g/mol. The van der Waals surface area contributed by atoms with E-state index < -0.39 is 11.9 Å². The number of urea groups is 1. The highest BCUT2D eigenvalue weighted by molar-refractivity contribution is 5.94. The third-order valence-corrected chi connectivity index (χ3v) is 2.46. The van der Waals surface area contributed by atoms with E-state index in [2.05, 4.69) is 5.32 Å². The van der Waals surface area contributed by atoms with Gasteiger partial charge in [-0.25, -0.2) is 4.79 Å². The summed E-state index contributed by atoms with van der Waals surface area (Å²) in [6, 6.07) is 4.52. The van der Waals surface area contributed by atoms with Crippen LogP contribution in [0.5, 0.6) is 11.5 Å². The highest BCUT2D eigenvalue weighted by Gasteiger charge is 2.13. The number of carbonyl (C=O) groups excluding carboxylic acids is 2. The van der Waals surface area contributed by atoms with E-state index in [1.54, 1.807) is 6.07 Å². The zero-order chi connectivity index (χ0) is 15.0. The maximum absolute atomic E-state index is 11.4. The van der Waals surface area contributed by atoms with Crippen molar-refractivity contribution in [2.24, 2.45) is 5.73 Å². The van der Waals surface area contributed by atoms with Crippen LogP contribution >= 0.6 is 0 Å². The predicted octanol–water partition coefficient (Wildman–Crippen LogP) is 0.378. The number of ether oxygens (including phenoxy) is 2. The number of hydrogen-bond acceptors (Lipinski definition) is 5. The molecule has 0 aliphatic carbocycles. The molecule has 0 unspecified atom stereocenters. The van der Waals surface area contributed by atoms with E-state index in [1.807, 2.05) is 24.4 Å². The number of imide groups is 1. The summed E-state index contributed by atoms with van der Waals surface area (Å²) in [6.45, 7) is 3.06. The lowest BCUT2D eigenvalue weighted by Gasteiger charge is -2.14. The zero-order valence-corrected chi connectivity index (χ0v) is 11.6. The molecule has 1 aromatic carbocycles. The summed E-state index contributed by atoms with van der Waals surface area (Å²) in [6.07, 6.45) is 0. The Labute approximate surface area is 117 Å². The van der Waals surface area contributed by atoms with E-state index in [-0.39, 0.29) is 6.61 Å². The van der Waals surface area contributed by atoms with Gasteiger partial charge in [0.25, 0.3) is 5.91 Å². The molecule has 0 aliphatic heterocycles. The lowest BCUT2D eigenvalue weighted by Crippen LogP contribution is -2.38. The molecule has 0 aromatic heterocycles. The molecule has 0 fully saturated rings. The van der Waals surface area contributed by atoms with Crippen molar-refractivity contribution in [3.05, 3.63) is 23.8 Å². The smallest absolute Gasteiger partial charge is 0.318 e. The number of rotatable bonds is 7. The van der Waals surface area contributed by atoms with Crippen LogP contribution in [0.1, 0.15) is 12.5 Å². The second kappa shape index (κ2) is 8.00. The first-order valence-corrected chi connectivity index (χ1v) is 6.17. The minimum Gasteiger partial charge on any atom is -0.493 e. The summed E-state index contributed by atoms with van der Waals surface area (Å²) in [4.78, 5) is 21.9. The van der Waals surface area contributed by atoms with Crippen molar-refractivity contribution >= 4 is 11.9 Å². The van der Waals surface area contributed by atoms with Gasteiger partial charge in [0.05, 0.1) is 7.11 Å². The number of nitrogens with two attached hydrogens (primary N) is 1. The molecular formula is C13H19N3O4. The van der Waals surface area contributed by atoms with Crippen molar-refractivity contribution < 1.29 is 19.1 Å². The number of primary amides is 1. The Bertz CT molecular complexity index is 477. The van der Waals surface area contributed by atoms with E-state index in [0.29, 0.717) is 18.0 Å². The van der Waals surface area contributed by atoms with Gasteiger partial charge < -0.3 is 20.5 Å². The maximum Gasteiger partial charge on any atom is 0.318 e. The van der Waals surface area contributed by atoms with Crippen LogP contribution in [0.25, 0.3) is 0 Å². The monoisotopic (exact) mass is 281 g/mol. The first-order valence-electron chi connectivity index (χ1n) is 6.17. The first-order chi connectivity index (χ1) is 9.58. The quantitative estimate of drug-likeness (QED) is 0.670. The Morgan fingerprint density at radius 2 is 2.10 bits per heavy atom. The number of benzene rings is 1. The van der Waals surface area contributed by atoms with Gasteiger partial charge in [-0.05, 0) is 12.6 Å². The van der Waals surface area contributed by atoms with Gasteiger partial charge in [0.15, 0.2) is 18.1 Å². The standard InChI is InChI=1S/C13H19N3O4/c1-3-15-7-9-5-4-6-10(19-2)12(9)20-8-11(17)16-13(14)18/h4-6,15H,3,7-8H2,1-2H3,(H3,14,16,17,18). The second-order valence-corrected chi connectivity index (χ2v) is 3.93. The first kappa shape index (κ1) is 15.8. The number of carbonyl (C=O) groups is 2. The van der Waals surface area contributed by atoms with Gasteiger partial charge in [-0.2, -0.15) is 0 Å². The molecule has 0 bridgehead atoms. The third kappa shape index (κ3) is 4.77. The normalized spacial score (nSPS) is 9.90. The van der Waals surface area contributed by atoms with Crippen LogP contribution in [-0.4, -0.2) is 32.2 Å². The van der Waals surface area contributed by atoms with Crippen LogP contribution in [0, 0.1) is 0 Å². The van der Waals surface area contributed by atoms with Gasteiger partial charge in [-0.3, -0.25) is 10.1 Å². The van der Waals surface area contributed by atoms with Crippen molar-refractivity contribution in [3.63, 3.8) is 0 Å². The molecule has 0 radical (unpaired) electrons. The van der Waals surface area contributed by atoms with Crippen LogP contribution in [-0.2, 0) is 11.3 Å². The van der Waals surface area contributed by atoms with Gasteiger partial charge in [-0.15, -0.1) is 0 Å². The van der Waals surface area contributed by atoms with E-state index in [4.69, 9.17) is 15.2 Å². The molecule has 20 heavy (non-hydrogen) atoms. The van der Waals surface area contributed by atoms with E-state index in [1.165, 1.54) is 7.11 Å². The highest BCUT2D eigenvalue weighted by Crippen LogP contribution is 2.30. The predicted molar refractivity (Wildman–Crippen MR) is 73.6 cm³/mol. The van der Waals surface area contributed by atoms with Crippen LogP contribution in [0.4, 0.5) is 4.79 Å². The van der Waals surface area contributed by atoms with Crippen molar-refractivity contribution in [1.82, 2.24) is 10.6 Å². The summed E-state index contributed by atoms with van der Waals surface area (Å²) in [7, 11) is 1.52. The Hall–Kier alpha value is -2.28. The molecule has 110 valence electrons. The number of hydrogen-bond donors (Lipinski definition) is 3. The Kier molecular flexibility index (Phi) is 6.31. The van der Waals surface area contributed by atoms with E-state index in [9.17, 15) is 9.59 Å². The van der Waals surface area contributed by atoms with Gasteiger partial charge in [0, 0.05) is 12.1 Å². The molecule has 0 saturated carbocycles. The van der Waals surface area contributed by atoms with Gasteiger partial charge in [-0.1, -0.05) is 19.1 Å². The van der Waals surface area contributed by atoms with Crippen LogP contribution < -0.4 is 25.8 Å². The van der Waals surface area contributed by atoms with Crippen molar-refractivity contribution in [3.8, 4) is 11.5 Å². The molecule has 0 aliphatic rings. The summed E-state index contributed by atoms with van der Waals surface area (Å²) in [5, 5.41) is 5.10. The highest BCUT2D eigenvalue weighted by atomic mass is 16.5. The number of amides is 3. The molecule has 1 aromatic rings. The second-order valence-electron chi connectivity index (χ2n) is 3.93. The van der Waals surface area contributed by atoms with E-state index in [0.717, 1.165) is 12.1 Å². The zero-order valence-electron chi connectivity index (χ0n) is 11.6. The fraction of sp³-hybridized carbons (Fsp3) is 0.385. The molecule has 4 N–H and O–H groups in total. The molecule has 3 amide bonds. The SMILES string of the molecule is CCNCc1cccc(OC)c1OCC(=O)NC(N)=O. The average Bonchev–Trinajstić information content (AvgIpc) is 2.42. The minimum absolute atomic E-state index is 0.317. The molecule has 0 heterocycles. The fourth-order valence-corrected chi connectivity index (χ4v) is 1.60. The Morgan fingerprint density at radius 3 is 2.70 bits per heavy atom. The molecule has 0 saturated heterocycles. The maximum atomic E-state index is 11.4. The largest absolute Gasteiger partial charge is 0.493 e. The Morgan fingerprint density at radius 1 is 1.35 bits per heavy atom. The molecule has 7 heteroatoms. The molecule has 0 spiro atoms. The summed E-state index contributed by atoms with van der Waals surface area (Å²) >= 11 is 0. The summed E-state index contributed by atoms with van der Waals surface area (Å²) in [5.41, 5.74) is 5.71. The molecule has 0 atom stereocenters. The van der Waals surface area contributed by atoms with Gasteiger partial charge in [0.1, 0.15) is 0 Å². The van der Waals surface area contributed by atoms with Crippen LogP contribution in [0.15, 0.2) is 18.2 Å². The number of methoxy groups -OCH3 is 1. The van der Waals surface area contributed by atoms with Crippen molar-refractivity contribution in [2.75, 3.05) is 20.3 Å². The van der Waals surface area contributed by atoms with Gasteiger partial charge in [0.2, 0.25) is 0 Å². The molecule has 7 nitrogen and oxygen atoms in total. The Balaban J connectivity index is 2.79. The number of para-hydroxylation sites is 1. The lowest BCUT2D eigenvalue weighted by molar-refractivity contribution is -0.121. The van der Waals surface area contributed by atoms with Crippen LogP contribution in [0.3, 0.4) is 0 Å². The third-order valence-electron chi connectivity index (χ3n) is 2.46. The van der Waals surface area contributed by atoms with E-state index >= 15 is 0 Å². The minimum atomic E-state index is -0.911.